The van der Waals surface area contributed by atoms with Crippen molar-refractivity contribution in [2.24, 2.45) is 0 Å². The van der Waals surface area contributed by atoms with Gasteiger partial charge in [-0.25, -0.2) is 30.5 Å². The van der Waals surface area contributed by atoms with Gasteiger partial charge in [-0.2, -0.15) is 81.5 Å². The van der Waals surface area contributed by atoms with E-state index in [1.54, 1.807) is 0 Å². The molecule has 0 saturated carbocycles. The van der Waals surface area contributed by atoms with E-state index in [1.807, 2.05) is 0 Å². The Hall–Kier alpha value is -2.74. The maximum atomic E-state index is 13.0. The Kier molecular flexibility index (Phi) is 23.4. The largest absolute Gasteiger partial charge is 0.479 e. The van der Waals surface area contributed by atoms with Gasteiger partial charge in [-0.1, -0.05) is 0 Å². The first kappa shape index (κ1) is 71.0. The van der Waals surface area contributed by atoms with Crippen molar-refractivity contribution in [1.82, 2.24) is 14.2 Å². The number of hydrogen-bond acceptors (Lipinski definition) is 39. The van der Waals surface area contributed by atoms with Crippen LogP contribution < -0.4 is 14.2 Å². The summed E-state index contributed by atoms with van der Waals surface area (Å²) in [4.78, 5) is 26.0. The Morgan fingerprint density at radius 1 is 0.429 bits per heavy atom. The molecule has 0 aromatic rings. The van der Waals surface area contributed by atoms with E-state index in [-0.39, 0.29) is 0 Å². The SMILES string of the molecule is [2H]C([2H])(OS(=O)(=O)O)[C@H]1O[C@]([2H])(O[C@H]2[C@H](O)[C@@H](O)[C@H](O[C@H]3[C@H](OS(=O)(=O)O)[C@@H](NS(=O)(=O)O)[C@@H](O[C@H]4[C@H](O)[C@@H](OS(=O)(=O)O)[C@H](O[C@H]5[C@H](O)[C@@H](NS(=O)(=O)O)[C@@H](OC)O[C@@H]5COS(=O)(=O)O)O[C@H]4C(=O)O)O[C@@H]3COS(=O)(=O)O)O[C@@H]2C(=O)O)[C@]([2H])(NS(=O)(=O)O)[C@@H](O)[C@]1([2H])O. The van der Waals surface area contributed by atoms with Crippen molar-refractivity contribution in [3.05, 3.63) is 0 Å². The number of aliphatic hydroxyl groups excluding tert-OH is 5. The van der Waals surface area contributed by atoms with Gasteiger partial charge in [-0.15, -0.1) is 0 Å². The minimum absolute atomic E-state index is 0.663. The lowest BCUT2D eigenvalue weighted by Crippen LogP contribution is -2.71. The summed E-state index contributed by atoms with van der Waals surface area (Å²) in [6.45, 7) is -8.24. The van der Waals surface area contributed by atoms with Crippen molar-refractivity contribution in [3.8, 4) is 0 Å². The van der Waals surface area contributed by atoms with E-state index in [4.69, 9.17) is 54.0 Å². The van der Waals surface area contributed by atoms with Crippen molar-refractivity contribution >= 4 is 94.8 Å². The molecule has 0 amide bonds. The van der Waals surface area contributed by atoms with Crippen LogP contribution in [0, 0.1) is 0 Å². The minimum Gasteiger partial charge on any atom is -0.479 e. The Balaban J connectivity index is 1.64. The lowest BCUT2D eigenvalue weighted by atomic mass is 9.94. The van der Waals surface area contributed by atoms with Crippen molar-refractivity contribution in [2.75, 3.05) is 26.9 Å². The second kappa shape index (κ2) is 29.9. The molecule has 5 heterocycles. The number of methoxy groups -OCH3 is 1. The quantitative estimate of drug-likeness (QED) is 0.0297. The average Bonchev–Trinajstić information content (AvgIpc) is 0.705. The smallest absolute Gasteiger partial charge is 0.397 e. The fourth-order valence-electron chi connectivity index (χ4n) is 8.45. The van der Waals surface area contributed by atoms with Crippen LogP contribution in [-0.2, 0) is 161 Å². The van der Waals surface area contributed by atoms with Crippen LogP contribution in [0.1, 0.15) is 6.85 Å². The summed E-state index contributed by atoms with van der Waals surface area (Å²) in [5.41, 5.74) is 0. The van der Waals surface area contributed by atoms with Crippen LogP contribution in [0.5, 0.6) is 0 Å². The van der Waals surface area contributed by atoms with Gasteiger partial charge in [0.15, 0.2) is 49.7 Å². The molecule has 534 valence electrons. The summed E-state index contributed by atoms with van der Waals surface area (Å²) in [7, 11) is -47.7. The van der Waals surface area contributed by atoms with E-state index < -0.39 is 268 Å². The van der Waals surface area contributed by atoms with Crippen LogP contribution in [0.3, 0.4) is 0 Å². The van der Waals surface area contributed by atoms with E-state index in [9.17, 15) is 150 Å². The molecule has 5 fully saturated rings. The van der Waals surface area contributed by atoms with Crippen LogP contribution in [-0.4, -0.2) is 337 Å². The van der Waals surface area contributed by atoms with Gasteiger partial charge in [-0.05, 0) is 0 Å². The molecule has 0 aromatic carbocycles. The molecule has 19 N–H and O–H groups in total. The summed E-state index contributed by atoms with van der Waals surface area (Å²) in [6.07, 6.45) is -73.3. The standard InChI is InChI=1S/C31H53N3O49S8/c1-69-27-9(33-85(48,49)50)13(37)17(6(74-27)3-71-88(57,58)59)76-31-22(83-91(66,67)68)16(40)21(24(81-31)26(43)44)79-29-10(34-86(51,52)53)19(82-90(63,64)65)18(7(75-29)4-72-89(60,61)62)77-30-15(39)14(38)20(23(80-30)25(41)42)78-28-8(32-84(45,46)47)12(36)11(35)5(73-28)2-70-87(54,55)56/h5-24,27-40H,2-4H2,1H3,(H,41,42)(H,43,44)(H,45,46,47)(H,48,49,50)(H,51,52,53)(H,54,55,56)(H,57,58,59)(H,60,61,62)(H,63,64,65)(H,66,67,68)/t5-,6-,7-,8-,9-,10-,11-,12-,13-,14-,15-,16+,17-,18-,19-,20+,21+,22-,23+,24-,27+,28-,29-,30-,31-/m1/s1/i2D2,8D,11D,28D. The van der Waals surface area contributed by atoms with E-state index >= 15 is 0 Å². The molecule has 0 radical (unpaired) electrons. The minimum atomic E-state index is -6.46. The Morgan fingerprint density at radius 2 is 0.857 bits per heavy atom. The van der Waals surface area contributed by atoms with E-state index in [0.717, 1.165) is 4.72 Å². The van der Waals surface area contributed by atoms with Gasteiger partial charge in [-0.3, -0.25) is 36.4 Å². The molecule has 60 heteroatoms. The van der Waals surface area contributed by atoms with Gasteiger partial charge in [0.05, 0.1) is 26.6 Å². The molecule has 0 bridgehead atoms. The van der Waals surface area contributed by atoms with E-state index in [1.165, 1.54) is 4.72 Å². The van der Waals surface area contributed by atoms with Crippen molar-refractivity contribution in [1.29, 1.82) is 0 Å². The van der Waals surface area contributed by atoms with Crippen LogP contribution in [0.2, 0.25) is 0 Å². The van der Waals surface area contributed by atoms with Gasteiger partial charge in [0, 0.05) is 7.11 Å². The summed E-state index contributed by atoms with van der Waals surface area (Å²) in [6, 6.07) is -10.3. The first-order chi connectivity index (χ1) is 42.9. The number of nitrogens with one attached hydrogen (secondary N) is 3. The molecule has 52 nitrogen and oxygen atoms in total. The highest BCUT2D eigenvalue weighted by Gasteiger charge is 2.61. The predicted molar refractivity (Wildman–Crippen MR) is 262 cm³/mol. The number of ether oxygens (including phenoxy) is 10. The molecule has 0 unspecified atom stereocenters. The second-order valence-electron chi connectivity index (χ2n) is 18.1. The molecule has 25 atom stereocenters. The highest BCUT2D eigenvalue weighted by molar-refractivity contribution is 7.84. The summed E-state index contributed by atoms with van der Waals surface area (Å²) < 4.78 is 387. The number of aliphatic hydroxyl groups is 6. The fourth-order valence-corrected chi connectivity index (χ4v) is 11.9. The zero-order chi connectivity index (χ0) is 74.0. The van der Waals surface area contributed by atoms with Crippen LogP contribution in [0.15, 0.2) is 0 Å². The average molecular weight is 1510 g/mol. The zero-order valence-electron chi connectivity index (χ0n) is 48.5. The lowest BCUT2D eigenvalue weighted by molar-refractivity contribution is -0.373. The molecule has 0 spiro atoms. The lowest BCUT2D eigenvalue weighted by Gasteiger charge is -2.50. The fraction of sp³-hybridized carbons (Fsp3) is 0.935. The maximum absolute atomic E-state index is 13.0. The maximum Gasteiger partial charge on any atom is 0.397 e. The molecule has 91 heavy (non-hydrogen) atoms. The third-order valence-corrected chi connectivity index (χ3v) is 15.5. The predicted octanol–water partition coefficient (Wildman–Crippen LogP) is -13.8. The number of carbonyl (C=O) groups is 2. The molecule has 0 aromatic heterocycles. The molecule has 5 aliphatic heterocycles. The number of rotatable bonds is 30. The molecule has 0 aliphatic carbocycles. The second-order valence-corrected chi connectivity index (χ2v) is 26.9. The highest BCUT2D eigenvalue weighted by atomic mass is 32.3. The van der Waals surface area contributed by atoms with Gasteiger partial charge in [0.25, 0.3) is 0 Å². The Labute approximate surface area is 516 Å². The highest BCUT2D eigenvalue weighted by Crippen LogP contribution is 2.39. The van der Waals surface area contributed by atoms with Crippen molar-refractivity contribution < 1.29 is 229 Å². The monoisotopic (exact) mass is 1510 g/mol. The molecule has 5 aliphatic rings. The first-order valence-electron chi connectivity index (χ1n) is 25.5. The molecular weight excluding hydrogens is 1450 g/mol. The number of carboxylic acids is 2. The zero-order valence-corrected chi connectivity index (χ0v) is 50.0. The number of carboxylic acid groups (broad SMARTS) is 2. The molecule has 5 rings (SSSR count). The normalized spacial score (nSPS) is 42.0. The van der Waals surface area contributed by atoms with Gasteiger partial charge < -0.3 is 88.2 Å². The Bertz CT molecular complexity index is 3770. The number of aliphatic carboxylic acids is 2. The topological polar surface area (TPSA) is 805 Å². The van der Waals surface area contributed by atoms with Gasteiger partial charge >= 0.3 is 94.8 Å². The Morgan fingerprint density at radius 3 is 1.32 bits per heavy atom. The third-order valence-electron chi connectivity index (χ3n) is 11.8. The van der Waals surface area contributed by atoms with Crippen molar-refractivity contribution in [2.45, 2.75) is 153 Å². The number of hydrogen-bond donors (Lipinski definition) is 19. The van der Waals surface area contributed by atoms with E-state index in [0.29, 0.717) is 11.8 Å². The van der Waals surface area contributed by atoms with Gasteiger partial charge in [0.2, 0.25) is 0 Å². The third kappa shape index (κ3) is 22.9. The first-order valence-corrected chi connectivity index (χ1v) is 34.1. The van der Waals surface area contributed by atoms with Crippen molar-refractivity contribution in [3.63, 3.8) is 0 Å². The van der Waals surface area contributed by atoms with Crippen LogP contribution in [0.4, 0.5) is 0 Å². The van der Waals surface area contributed by atoms with E-state index in [2.05, 4.69) is 25.7 Å². The summed E-state index contributed by atoms with van der Waals surface area (Å²) >= 11 is 0. The van der Waals surface area contributed by atoms with Crippen LogP contribution in [0.25, 0.3) is 0 Å². The summed E-state index contributed by atoms with van der Waals surface area (Å²) in [5.74, 6) is -5.24. The van der Waals surface area contributed by atoms with Gasteiger partial charge in [0.1, 0.15) is 104 Å². The van der Waals surface area contributed by atoms with Crippen LogP contribution >= 0.6 is 0 Å². The summed E-state index contributed by atoms with van der Waals surface area (Å²) in [5, 5.41) is 88.6. The molecular formula is C31H53N3O49S8. The molecule has 5 saturated heterocycles.